The highest BCUT2D eigenvalue weighted by Crippen LogP contribution is 2.03. The Labute approximate surface area is 63.3 Å². The lowest BCUT2D eigenvalue weighted by Gasteiger charge is -1.96. The second-order valence-corrected chi connectivity index (χ2v) is 2.28. The first-order chi connectivity index (χ1) is 5.11. The van der Waals surface area contributed by atoms with Gasteiger partial charge in [0.15, 0.2) is 0 Å². The summed E-state index contributed by atoms with van der Waals surface area (Å²) >= 11 is 0. The van der Waals surface area contributed by atoms with E-state index in [1.165, 1.54) is 6.20 Å². The Morgan fingerprint density at radius 3 is 2.82 bits per heavy atom. The fraction of sp³-hybridized carbons (Fsp3) is 0.333. The van der Waals surface area contributed by atoms with Crippen molar-refractivity contribution in [1.29, 1.82) is 0 Å². The first-order valence-electron chi connectivity index (χ1n) is 3.15. The first kappa shape index (κ1) is 7.74. The molecular weight excluding hydrogens is 146 g/mol. The predicted molar refractivity (Wildman–Crippen MR) is 38.1 cm³/mol. The van der Waals surface area contributed by atoms with E-state index in [4.69, 9.17) is 10.8 Å². The van der Waals surface area contributed by atoms with Crippen LogP contribution in [-0.4, -0.2) is 21.0 Å². The lowest BCUT2D eigenvalue weighted by Crippen LogP contribution is -2.07. The van der Waals surface area contributed by atoms with E-state index in [2.05, 4.69) is 9.97 Å². The number of aromatic carboxylic acids is 1. The topological polar surface area (TPSA) is 92.0 Å². The minimum absolute atomic E-state index is 0.0669. The fourth-order valence-electron chi connectivity index (χ4n) is 0.677. The maximum absolute atomic E-state index is 10.3. The number of imidazole rings is 1. The van der Waals surface area contributed by atoms with Gasteiger partial charge in [-0.25, -0.2) is 9.78 Å². The Kier molecular flexibility index (Phi) is 1.91. The van der Waals surface area contributed by atoms with Crippen LogP contribution < -0.4 is 5.73 Å². The van der Waals surface area contributed by atoms with E-state index < -0.39 is 5.97 Å². The number of carboxylic acids is 1. The highest BCUT2D eigenvalue weighted by Gasteiger charge is 2.08. The van der Waals surface area contributed by atoms with Gasteiger partial charge in [0.1, 0.15) is 11.5 Å². The van der Waals surface area contributed by atoms with Crippen LogP contribution in [-0.2, 0) is 0 Å². The molecule has 0 aliphatic carbocycles. The molecule has 0 saturated carbocycles. The normalized spacial score (nSPS) is 12.9. The molecule has 0 aromatic carbocycles. The molecule has 5 heteroatoms. The van der Waals surface area contributed by atoms with Crippen molar-refractivity contribution < 1.29 is 9.90 Å². The molecule has 1 heterocycles. The maximum Gasteiger partial charge on any atom is 0.353 e. The summed E-state index contributed by atoms with van der Waals surface area (Å²) in [6.45, 7) is 1.73. The molecule has 11 heavy (non-hydrogen) atoms. The molecule has 0 aliphatic rings. The number of nitrogens with one attached hydrogen (secondary N) is 1. The zero-order valence-corrected chi connectivity index (χ0v) is 6.03. The van der Waals surface area contributed by atoms with Crippen molar-refractivity contribution in [1.82, 2.24) is 9.97 Å². The van der Waals surface area contributed by atoms with Crippen LogP contribution in [0.5, 0.6) is 0 Å². The largest absolute Gasteiger partial charge is 0.477 e. The van der Waals surface area contributed by atoms with Gasteiger partial charge in [0.2, 0.25) is 0 Å². The van der Waals surface area contributed by atoms with E-state index >= 15 is 0 Å². The van der Waals surface area contributed by atoms with Crippen LogP contribution in [0.15, 0.2) is 6.20 Å². The molecule has 1 aromatic heterocycles. The molecule has 0 bridgehead atoms. The molecule has 1 aromatic rings. The number of carboxylic acid groups (broad SMARTS) is 1. The Hall–Kier alpha value is -1.36. The Bertz CT molecular complexity index is 267. The number of carbonyl (C=O) groups is 1. The first-order valence-corrected chi connectivity index (χ1v) is 3.15. The molecule has 0 amide bonds. The number of rotatable bonds is 2. The van der Waals surface area contributed by atoms with Crippen molar-refractivity contribution in [3.8, 4) is 0 Å². The van der Waals surface area contributed by atoms with Crippen LogP contribution in [0.3, 0.4) is 0 Å². The minimum Gasteiger partial charge on any atom is -0.477 e. The fourth-order valence-corrected chi connectivity index (χ4v) is 0.677. The summed E-state index contributed by atoms with van der Waals surface area (Å²) in [5.41, 5.74) is 5.51. The summed E-state index contributed by atoms with van der Waals surface area (Å²) < 4.78 is 0. The highest BCUT2D eigenvalue weighted by atomic mass is 16.4. The summed E-state index contributed by atoms with van der Waals surface area (Å²) in [4.78, 5) is 16.7. The van der Waals surface area contributed by atoms with E-state index in [-0.39, 0.29) is 11.7 Å². The van der Waals surface area contributed by atoms with Gasteiger partial charge in [0, 0.05) is 0 Å². The molecule has 5 nitrogen and oxygen atoms in total. The number of aromatic amines is 1. The smallest absolute Gasteiger partial charge is 0.353 e. The van der Waals surface area contributed by atoms with E-state index in [0.717, 1.165) is 0 Å². The van der Waals surface area contributed by atoms with Gasteiger partial charge in [-0.2, -0.15) is 0 Å². The predicted octanol–water partition coefficient (Wildman–Crippen LogP) is 0.128. The quantitative estimate of drug-likeness (QED) is 0.565. The summed E-state index contributed by atoms with van der Waals surface area (Å²) in [5.74, 6) is -0.535. The Morgan fingerprint density at radius 1 is 1.91 bits per heavy atom. The molecule has 1 rings (SSSR count). The average molecular weight is 155 g/mol. The highest BCUT2D eigenvalue weighted by molar-refractivity contribution is 5.84. The molecule has 0 radical (unpaired) electrons. The standard InChI is InChI=1S/C6H9N3O2/c1-3(7)5-8-2-4(9-5)6(10)11/h2-3H,7H2,1H3,(H,8,9)(H,10,11). The van der Waals surface area contributed by atoms with Gasteiger partial charge in [-0.15, -0.1) is 0 Å². The molecule has 0 fully saturated rings. The van der Waals surface area contributed by atoms with Crippen molar-refractivity contribution in [3.63, 3.8) is 0 Å². The van der Waals surface area contributed by atoms with E-state index in [1.807, 2.05) is 0 Å². The van der Waals surface area contributed by atoms with Gasteiger partial charge >= 0.3 is 5.97 Å². The third kappa shape index (κ3) is 1.56. The Morgan fingerprint density at radius 2 is 2.55 bits per heavy atom. The monoisotopic (exact) mass is 155 g/mol. The molecule has 1 atom stereocenters. The van der Waals surface area contributed by atoms with Crippen molar-refractivity contribution in [3.05, 3.63) is 17.7 Å². The van der Waals surface area contributed by atoms with Crippen molar-refractivity contribution >= 4 is 5.97 Å². The zero-order chi connectivity index (χ0) is 8.43. The van der Waals surface area contributed by atoms with Crippen LogP contribution in [0.25, 0.3) is 0 Å². The maximum atomic E-state index is 10.3. The summed E-state index contributed by atoms with van der Waals surface area (Å²) in [6, 6.07) is -0.261. The van der Waals surface area contributed by atoms with Crippen LogP contribution in [0, 0.1) is 0 Å². The number of aromatic nitrogens is 2. The van der Waals surface area contributed by atoms with Gasteiger partial charge in [-0.05, 0) is 6.92 Å². The van der Waals surface area contributed by atoms with Crippen LogP contribution >= 0.6 is 0 Å². The van der Waals surface area contributed by atoms with Crippen molar-refractivity contribution in [2.75, 3.05) is 0 Å². The van der Waals surface area contributed by atoms with Gasteiger partial charge in [0.25, 0.3) is 0 Å². The number of H-pyrrole nitrogens is 1. The van der Waals surface area contributed by atoms with Crippen LogP contribution in [0.4, 0.5) is 0 Å². The van der Waals surface area contributed by atoms with Gasteiger partial charge in [-0.1, -0.05) is 0 Å². The molecular formula is C6H9N3O2. The number of hydrogen-bond donors (Lipinski definition) is 3. The molecule has 0 aliphatic heterocycles. The molecule has 1 unspecified atom stereocenters. The third-order valence-electron chi connectivity index (χ3n) is 1.26. The molecule has 0 spiro atoms. The van der Waals surface area contributed by atoms with Crippen LogP contribution in [0.2, 0.25) is 0 Å². The van der Waals surface area contributed by atoms with E-state index in [0.29, 0.717) is 5.82 Å². The lowest BCUT2D eigenvalue weighted by atomic mass is 10.3. The second-order valence-electron chi connectivity index (χ2n) is 2.28. The Balaban J connectivity index is 2.90. The number of nitrogens with zero attached hydrogens (tertiary/aromatic N) is 1. The molecule has 60 valence electrons. The third-order valence-corrected chi connectivity index (χ3v) is 1.26. The number of nitrogens with two attached hydrogens (primary N) is 1. The summed E-state index contributed by atoms with van der Waals surface area (Å²) in [6.07, 6.45) is 1.25. The van der Waals surface area contributed by atoms with E-state index in [9.17, 15) is 4.79 Å². The number of hydrogen-bond acceptors (Lipinski definition) is 3. The van der Waals surface area contributed by atoms with Crippen molar-refractivity contribution in [2.24, 2.45) is 5.73 Å². The van der Waals surface area contributed by atoms with Crippen LogP contribution in [0.1, 0.15) is 29.3 Å². The van der Waals surface area contributed by atoms with Gasteiger partial charge in [-0.3, -0.25) is 0 Å². The van der Waals surface area contributed by atoms with Gasteiger partial charge < -0.3 is 15.8 Å². The SMILES string of the molecule is CC(N)c1ncc(C(=O)O)[nH]1. The van der Waals surface area contributed by atoms with Gasteiger partial charge in [0.05, 0.1) is 12.2 Å². The van der Waals surface area contributed by atoms with Crippen molar-refractivity contribution in [2.45, 2.75) is 13.0 Å². The zero-order valence-electron chi connectivity index (χ0n) is 6.03. The van der Waals surface area contributed by atoms with E-state index in [1.54, 1.807) is 6.92 Å². The minimum atomic E-state index is -1.02. The molecule has 4 N–H and O–H groups in total. The average Bonchev–Trinajstić information content (AvgIpc) is 2.33. The summed E-state index contributed by atoms with van der Waals surface area (Å²) in [5, 5.41) is 8.47. The second kappa shape index (κ2) is 2.71. The summed E-state index contributed by atoms with van der Waals surface area (Å²) in [7, 11) is 0. The lowest BCUT2D eigenvalue weighted by molar-refractivity contribution is 0.0691. The molecule has 0 saturated heterocycles.